The lowest BCUT2D eigenvalue weighted by atomic mass is 9.99. The van der Waals surface area contributed by atoms with E-state index in [1.807, 2.05) is 24.4 Å². The van der Waals surface area contributed by atoms with Crippen molar-refractivity contribution in [3.63, 3.8) is 0 Å². The zero-order chi connectivity index (χ0) is 31.6. The van der Waals surface area contributed by atoms with Crippen LogP contribution >= 0.6 is 11.3 Å². The first-order chi connectivity index (χ1) is 21.0. The summed E-state index contributed by atoms with van der Waals surface area (Å²) in [7, 11) is -0.813. The van der Waals surface area contributed by atoms with Crippen LogP contribution in [0.4, 0.5) is 5.69 Å². The van der Waals surface area contributed by atoms with E-state index in [4.69, 9.17) is 4.74 Å². The summed E-state index contributed by atoms with van der Waals surface area (Å²) in [6.07, 6.45) is 3.82. The number of benzene rings is 2. The number of carbonyl (C=O) groups is 2. The summed E-state index contributed by atoms with van der Waals surface area (Å²) >= 11 is 1.50. The first-order valence-electron chi connectivity index (χ1n) is 14.0. The van der Waals surface area contributed by atoms with Crippen molar-refractivity contribution in [2.75, 3.05) is 32.1 Å². The van der Waals surface area contributed by atoms with Gasteiger partial charge in [0, 0.05) is 55.5 Å². The van der Waals surface area contributed by atoms with Gasteiger partial charge in [0.25, 0.3) is 21.8 Å². The van der Waals surface area contributed by atoms with Crippen molar-refractivity contribution in [1.82, 2.24) is 23.7 Å². The minimum atomic E-state index is -3.94. The number of rotatable bonds is 9. The van der Waals surface area contributed by atoms with Gasteiger partial charge in [-0.15, -0.1) is 11.3 Å². The van der Waals surface area contributed by atoms with Crippen LogP contribution in [0, 0.1) is 5.92 Å². The number of fused-ring (bicyclic) bond motifs is 1. The molecule has 0 radical (unpaired) electrons. The molecular weight excluding hydrogens is 605 g/mol. The van der Waals surface area contributed by atoms with Crippen LogP contribution in [0.5, 0.6) is 5.75 Å². The number of likely N-dealkylation sites (N-methyl/N-ethyl adjacent to an activating group) is 1. The van der Waals surface area contributed by atoms with E-state index < -0.39 is 28.1 Å². The molecule has 0 saturated heterocycles. The molecule has 2 aromatic heterocycles. The molecule has 1 aliphatic rings. The standard InChI is InChI=1S/C30H34N6O6S2/c1-19-14-36(20(2)17-37)30(39)23-6-5-7-24(33-28(38)21-8-10-22(11-9-21)29-31-12-13-43-29)27(23)42-25(19)15-35(4)44(40,41)26-16-34(3)18-32-26/h5-13,16,18-20,25,37H,14-15,17H2,1-4H3,(H,33,38)/t19-,20+,25-/m1/s1. The Hall–Kier alpha value is -4.11. The van der Waals surface area contributed by atoms with E-state index in [1.165, 1.54) is 35.2 Å². The van der Waals surface area contributed by atoms with Gasteiger partial charge >= 0.3 is 0 Å². The molecule has 14 heteroatoms. The number of nitrogens with zero attached hydrogens (tertiary/aromatic N) is 5. The minimum absolute atomic E-state index is 0.0600. The zero-order valence-electron chi connectivity index (χ0n) is 24.7. The van der Waals surface area contributed by atoms with Crippen molar-refractivity contribution >= 4 is 38.9 Å². The van der Waals surface area contributed by atoms with E-state index in [0.717, 1.165) is 10.6 Å². The van der Waals surface area contributed by atoms with E-state index in [-0.39, 0.29) is 53.5 Å². The first kappa shape index (κ1) is 31.3. The van der Waals surface area contributed by atoms with Crippen molar-refractivity contribution in [3.8, 4) is 16.3 Å². The molecule has 0 spiro atoms. The molecule has 3 atom stereocenters. The Morgan fingerprint density at radius 1 is 1.23 bits per heavy atom. The third-order valence-electron chi connectivity index (χ3n) is 7.56. The Balaban J connectivity index is 1.47. The monoisotopic (exact) mass is 638 g/mol. The summed E-state index contributed by atoms with van der Waals surface area (Å²) in [4.78, 5) is 37.0. The van der Waals surface area contributed by atoms with Crippen LogP contribution in [0.15, 0.2) is 71.6 Å². The lowest BCUT2D eigenvalue weighted by Crippen LogP contribution is -2.50. The van der Waals surface area contributed by atoms with Gasteiger partial charge in [-0.05, 0) is 31.2 Å². The van der Waals surface area contributed by atoms with Crippen LogP contribution < -0.4 is 10.1 Å². The number of hydrogen-bond donors (Lipinski definition) is 2. The lowest BCUT2D eigenvalue weighted by Gasteiger charge is -2.38. The normalized spacial score (nSPS) is 17.9. The summed E-state index contributed by atoms with van der Waals surface area (Å²) < 4.78 is 35.8. The summed E-state index contributed by atoms with van der Waals surface area (Å²) in [5, 5.41) is 15.4. The number of aromatic nitrogens is 3. The molecule has 232 valence electrons. The molecule has 2 aromatic carbocycles. The van der Waals surface area contributed by atoms with Crippen LogP contribution in [0.1, 0.15) is 34.6 Å². The third-order valence-corrected chi connectivity index (χ3v) is 10.1. The van der Waals surface area contributed by atoms with Crippen LogP contribution in [0.2, 0.25) is 0 Å². The second-order valence-corrected chi connectivity index (χ2v) is 13.7. The van der Waals surface area contributed by atoms with Crippen molar-refractivity contribution in [3.05, 3.63) is 77.7 Å². The highest BCUT2D eigenvalue weighted by Crippen LogP contribution is 2.35. The van der Waals surface area contributed by atoms with Gasteiger partial charge in [0.1, 0.15) is 11.1 Å². The number of anilines is 1. The molecular formula is C30H34N6O6S2. The Bertz CT molecular complexity index is 1740. The topological polar surface area (TPSA) is 147 Å². The molecule has 0 saturated carbocycles. The molecule has 12 nitrogen and oxygen atoms in total. The van der Waals surface area contributed by atoms with Crippen LogP contribution in [0.25, 0.3) is 10.6 Å². The first-order valence-corrected chi connectivity index (χ1v) is 16.3. The number of amides is 2. The molecule has 0 bridgehead atoms. The number of aryl methyl sites for hydroxylation is 1. The molecule has 4 aromatic rings. The number of carbonyl (C=O) groups excluding carboxylic acids is 2. The molecule has 5 rings (SSSR count). The molecule has 0 aliphatic carbocycles. The molecule has 0 fully saturated rings. The minimum Gasteiger partial charge on any atom is -0.486 e. The highest BCUT2D eigenvalue weighted by atomic mass is 32.2. The largest absolute Gasteiger partial charge is 0.486 e. The van der Waals surface area contributed by atoms with Gasteiger partial charge in [-0.3, -0.25) is 9.59 Å². The van der Waals surface area contributed by atoms with E-state index in [1.54, 1.807) is 60.0 Å². The van der Waals surface area contributed by atoms with Gasteiger partial charge in [0.2, 0.25) is 0 Å². The van der Waals surface area contributed by atoms with Gasteiger partial charge in [-0.25, -0.2) is 18.4 Å². The Labute approximate surface area is 260 Å². The fraction of sp³-hybridized carbons (Fsp3) is 0.333. The number of para-hydroxylation sites is 1. The Morgan fingerprint density at radius 2 is 1.98 bits per heavy atom. The van der Waals surface area contributed by atoms with E-state index in [2.05, 4.69) is 15.3 Å². The van der Waals surface area contributed by atoms with Crippen LogP contribution in [-0.4, -0.2) is 88.0 Å². The highest BCUT2D eigenvalue weighted by Gasteiger charge is 2.36. The molecule has 2 amide bonds. The van der Waals surface area contributed by atoms with Crippen molar-refractivity contribution in [2.45, 2.75) is 31.0 Å². The highest BCUT2D eigenvalue weighted by molar-refractivity contribution is 7.89. The van der Waals surface area contributed by atoms with Gasteiger partial charge in [-0.1, -0.05) is 25.1 Å². The Kier molecular flexibility index (Phi) is 9.15. The molecule has 44 heavy (non-hydrogen) atoms. The molecule has 1 aliphatic heterocycles. The third kappa shape index (κ3) is 6.38. The predicted octanol–water partition coefficient (Wildman–Crippen LogP) is 3.34. The second kappa shape index (κ2) is 12.9. The SMILES string of the molecule is C[C@@H]1CN([C@@H](C)CO)C(=O)c2cccc(NC(=O)c3ccc(-c4nccs4)cc3)c2O[C@@H]1CN(C)S(=O)(=O)c1cn(C)cn1. The molecule has 0 unspecified atom stereocenters. The lowest BCUT2D eigenvalue weighted by molar-refractivity contribution is 0.0388. The fourth-order valence-corrected chi connectivity index (χ4v) is 6.70. The number of hydrogen-bond acceptors (Lipinski definition) is 9. The maximum atomic E-state index is 13.8. The van der Waals surface area contributed by atoms with Gasteiger partial charge in [0.15, 0.2) is 10.8 Å². The summed E-state index contributed by atoms with van der Waals surface area (Å²) in [5.41, 5.74) is 1.72. The summed E-state index contributed by atoms with van der Waals surface area (Å²) in [5.74, 6) is -1.02. The van der Waals surface area contributed by atoms with Crippen LogP contribution in [-0.2, 0) is 17.1 Å². The maximum Gasteiger partial charge on any atom is 0.261 e. The number of ether oxygens (including phenoxy) is 1. The van der Waals surface area contributed by atoms with E-state index >= 15 is 0 Å². The summed E-state index contributed by atoms with van der Waals surface area (Å²) in [6, 6.07) is 11.4. The Morgan fingerprint density at radius 3 is 2.61 bits per heavy atom. The fourth-order valence-electron chi connectivity index (χ4n) is 4.92. The number of imidazole rings is 1. The van der Waals surface area contributed by atoms with E-state index in [0.29, 0.717) is 5.56 Å². The number of sulfonamides is 1. The average molecular weight is 639 g/mol. The summed E-state index contributed by atoms with van der Waals surface area (Å²) in [6.45, 7) is 3.48. The van der Waals surface area contributed by atoms with Crippen molar-refractivity contribution < 1.29 is 27.9 Å². The van der Waals surface area contributed by atoms with E-state index in [9.17, 15) is 23.1 Å². The number of thiazole rings is 1. The number of aliphatic hydroxyl groups excluding tert-OH is 1. The number of aliphatic hydroxyl groups is 1. The average Bonchev–Trinajstić information content (AvgIpc) is 3.71. The predicted molar refractivity (Wildman–Crippen MR) is 166 cm³/mol. The van der Waals surface area contributed by atoms with Gasteiger partial charge in [-0.2, -0.15) is 4.31 Å². The second-order valence-electron chi connectivity index (χ2n) is 10.8. The number of nitrogens with one attached hydrogen (secondary N) is 1. The zero-order valence-corrected chi connectivity index (χ0v) is 26.4. The quantitative estimate of drug-likeness (QED) is 0.284. The van der Waals surface area contributed by atoms with Crippen LogP contribution in [0.3, 0.4) is 0 Å². The van der Waals surface area contributed by atoms with Crippen molar-refractivity contribution in [1.29, 1.82) is 0 Å². The molecule has 2 N–H and O–H groups in total. The van der Waals surface area contributed by atoms with Gasteiger partial charge in [0.05, 0.1) is 36.8 Å². The van der Waals surface area contributed by atoms with Crippen molar-refractivity contribution in [2.24, 2.45) is 13.0 Å². The molecule has 3 heterocycles. The smallest absolute Gasteiger partial charge is 0.261 e. The maximum absolute atomic E-state index is 13.8. The van der Waals surface area contributed by atoms with Gasteiger partial charge < -0.3 is 24.6 Å².